The van der Waals surface area contributed by atoms with Crippen LogP contribution in [0.5, 0.6) is 0 Å². The first kappa shape index (κ1) is 20.5. The van der Waals surface area contributed by atoms with E-state index < -0.39 is 0 Å². The zero-order valence-corrected chi connectivity index (χ0v) is 18.6. The molecule has 0 saturated heterocycles. The summed E-state index contributed by atoms with van der Waals surface area (Å²) in [5.74, 6) is -0.678. The first-order valence-corrected chi connectivity index (χ1v) is 11.2. The molecule has 1 atom stereocenters. The minimum absolute atomic E-state index is 0.171. The molecule has 0 aromatic carbocycles. The fourth-order valence-electron chi connectivity index (χ4n) is 3.80. The number of esters is 1. The number of aryl methyl sites for hydroxylation is 3. The van der Waals surface area contributed by atoms with Crippen molar-refractivity contribution in [2.75, 3.05) is 5.32 Å². The molecular weight excluding hydrogens is 400 g/mol. The van der Waals surface area contributed by atoms with E-state index >= 15 is 0 Å². The second-order valence-corrected chi connectivity index (χ2v) is 8.93. The molecule has 3 aromatic heterocycles. The lowest BCUT2D eigenvalue weighted by molar-refractivity contribution is 0.0335. The van der Waals surface area contributed by atoms with Gasteiger partial charge in [0.2, 0.25) is 0 Å². The number of anilines is 1. The molecule has 3 aromatic rings. The predicted molar refractivity (Wildman–Crippen MR) is 117 cm³/mol. The number of aromatic nitrogens is 3. The molecule has 3 heterocycles. The SMILES string of the molecule is CCC(C)OC(=O)c1c(NC(=O)c2cnn3c(C)cc(C)nc23)sc2c1CCCC2. The molecule has 1 N–H and O–H groups in total. The average molecular weight is 427 g/mol. The molecule has 1 amide bonds. The smallest absolute Gasteiger partial charge is 0.341 e. The van der Waals surface area contributed by atoms with Crippen LogP contribution in [0.25, 0.3) is 5.65 Å². The molecule has 0 aliphatic heterocycles. The van der Waals surface area contributed by atoms with Gasteiger partial charge in [0.05, 0.1) is 17.9 Å². The van der Waals surface area contributed by atoms with Crippen LogP contribution in [-0.2, 0) is 17.6 Å². The van der Waals surface area contributed by atoms with E-state index in [0.717, 1.165) is 53.9 Å². The summed E-state index contributed by atoms with van der Waals surface area (Å²) in [6.45, 7) is 7.67. The highest BCUT2D eigenvalue weighted by Gasteiger charge is 2.29. The Bertz CT molecular complexity index is 1130. The van der Waals surface area contributed by atoms with Gasteiger partial charge >= 0.3 is 5.97 Å². The molecule has 4 rings (SSSR count). The largest absolute Gasteiger partial charge is 0.459 e. The molecule has 1 aliphatic rings. The standard InChI is InChI=1S/C22H26N4O3S/c1-5-14(4)29-22(28)18-15-8-6-7-9-17(15)30-21(18)25-20(27)16-11-23-26-13(3)10-12(2)24-19(16)26/h10-11,14H,5-9H2,1-4H3,(H,25,27). The van der Waals surface area contributed by atoms with Gasteiger partial charge in [0.1, 0.15) is 10.6 Å². The monoisotopic (exact) mass is 426 g/mol. The second kappa shape index (κ2) is 8.18. The van der Waals surface area contributed by atoms with Crippen molar-refractivity contribution in [2.45, 2.75) is 65.9 Å². The van der Waals surface area contributed by atoms with Gasteiger partial charge in [-0.05, 0) is 64.5 Å². The predicted octanol–water partition coefficient (Wildman–Crippen LogP) is 4.49. The van der Waals surface area contributed by atoms with Crippen LogP contribution >= 0.6 is 11.3 Å². The number of hydrogen-bond donors (Lipinski definition) is 1. The quantitative estimate of drug-likeness (QED) is 0.608. The summed E-state index contributed by atoms with van der Waals surface area (Å²) in [6.07, 6.45) is 5.99. The van der Waals surface area contributed by atoms with Gasteiger partial charge in [-0.1, -0.05) is 6.92 Å². The van der Waals surface area contributed by atoms with Gasteiger partial charge in [-0.3, -0.25) is 4.79 Å². The molecule has 1 aliphatic carbocycles. The summed E-state index contributed by atoms with van der Waals surface area (Å²) in [5.41, 5.74) is 4.16. The van der Waals surface area contributed by atoms with Gasteiger partial charge in [-0.15, -0.1) is 11.3 Å². The molecule has 7 nitrogen and oxygen atoms in total. The molecule has 0 spiro atoms. The molecule has 0 radical (unpaired) electrons. The van der Waals surface area contributed by atoms with Crippen molar-refractivity contribution in [1.29, 1.82) is 0 Å². The Morgan fingerprint density at radius 3 is 2.83 bits per heavy atom. The molecular formula is C22H26N4O3S. The maximum atomic E-state index is 13.1. The van der Waals surface area contributed by atoms with Crippen LogP contribution in [0.2, 0.25) is 0 Å². The van der Waals surface area contributed by atoms with E-state index in [-0.39, 0.29) is 18.0 Å². The van der Waals surface area contributed by atoms with Crippen LogP contribution in [0.1, 0.15) is 75.7 Å². The van der Waals surface area contributed by atoms with Crippen LogP contribution in [-0.4, -0.2) is 32.6 Å². The number of nitrogens with one attached hydrogen (secondary N) is 1. The minimum Gasteiger partial charge on any atom is -0.459 e. The summed E-state index contributed by atoms with van der Waals surface area (Å²) >= 11 is 1.48. The van der Waals surface area contributed by atoms with Crippen molar-refractivity contribution >= 4 is 33.9 Å². The zero-order chi connectivity index (χ0) is 21.4. The van der Waals surface area contributed by atoms with E-state index in [1.54, 1.807) is 4.52 Å². The third kappa shape index (κ3) is 3.71. The molecule has 0 bridgehead atoms. The summed E-state index contributed by atoms with van der Waals surface area (Å²) in [4.78, 5) is 31.7. The number of amides is 1. The van der Waals surface area contributed by atoms with Crippen LogP contribution in [0, 0.1) is 13.8 Å². The highest BCUT2D eigenvalue weighted by molar-refractivity contribution is 7.17. The second-order valence-electron chi connectivity index (χ2n) is 7.83. The Kier molecular flexibility index (Phi) is 5.60. The van der Waals surface area contributed by atoms with Crippen molar-refractivity contribution in [2.24, 2.45) is 0 Å². The Labute approximate surface area is 179 Å². The Morgan fingerprint density at radius 1 is 1.30 bits per heavy atom. The summed E-state index contributed by atoms with van der Waals surface area (Å²) in [6, 6.07) is 1.91. The Balaban J connectivity index is 1.70. The van der Waals surface area contributed by atoms with Gasteiger partial charge in [0.25, 0.3) is 5.91 Å². The number of carbonyl (C=O) groups excluding carboxylic acids is 2. The maximum Gasteiger partial charge on any atom is 0.341 e. The number of rotatable bonds is 5. The van der Waals surface area contributed by atoms with Crippen molar-refractivity contribution < 1.29 is 14.3 Å². The highest BCUT2D eigenvalue weighted by atomic mass is 32.1. The van der Waals surface area contributed by atoms with Gasteiger partial charge in [-0.2, -0.15) is 5.10 Å². The highest BCUT2D eigenvalue weighted by Crippen LogP contribution is 2.39. The first-order chi connectivity index (χ1) is 14.4. The van der Waals surface area contributed by atoms with E-state index in [4.69, 9.17) is 4.74 Å². The average Bonchev–Trinajstić information content (AvgIpc) is 3.28. The Hall–Kier alpha value is -2.74. The van der Waals surface area contributed by atoms with Crippen molar-refractivity contribution in [3.05, 3.63) is 45.2 Å². The first-order valence-electron chi connectivity index (χ1n) is 10.4. The fourth-order valence-corrected chi connectivity index (χ4v) is 5.07. The molecule has 0 saturated carbocycles. The number of ether oxygens (including phenoxy) is 1. The third-order valence-electron chi connectivity index (χ3n) is 5.51. The van der Waals surface area contributed by atoms with Crippen molar-refractivity contribution in [3.8, 4) is 0 Å². The lowest BCUT2D eigenvalue weighted by Crippen LogP contribution is -2.19. The summed E-state index contributed by atoms with van der Waals surface area (Å²) < 4.78 is 7.26. The summed E-state index contributed by atoms with van der Waals surface area (Å²) in [7, 11) is 0. The van der Waals surface area contributed by atoms with E-state index in [9.17, 15) is 9.59 Å². The topological polar surface area (TPSA) is 85.6 Å². The zero-order valence-electron chi connectivity index (χ0n) is 17.7. The van der Waals surface area contributed by atoms with Crippen molar-refractivity contribution in [1.82, 2.24) is 14.6 Å². The van der Waals surface area contributed by atoms with Gasteiger partial charge < -0.3 is 10.1 Å². The van der Waals surface area contributed by atoms with Crippen LogP contribution in [0.3, 0.4) is 0 Å². The molecule has 158 valence electrons. The van der Waals surface area contributed by atoms with E-state index in [1.807, 2.05) is 33.8 Å². The van der Waals surface area contributed by atoms with Crippen LogP contribution in [0.4, 0.5) is 5.00 Å². The van der Waals surface area contributed by atoms with Gasteiger partial charge in [-0.25, -0.2) is 14.3 Å². The van der Waals surface area contributed by atoms with Crippen LogP contribution < -0.4 is 5.32 Å². The lowest BCUT2D eigenvalue weighted by atomic mass is 9.95. The normalized spacial score (nSPS) is 14.4. The maximum absolute atomic E-state index is 13.1. The summed E-state index contributed by atoms with van der Waals surface area (Å²) in [5, 5.41) is 7.82. The number of fused-ring (bicyclic) bond motifs is 2. The number of thiophene rings is 1. The number of carbonyl (C=O) groups is 2. The number of nitrogens with zero attached hydrogens (tertiary/aromatic N) is 3. The molecule has 1 unspecified atom stereocenters. The Morgan fingerprint density at radius 2 is 2.07 bits per heavy atom. The number of hydrogen-bond acceptors (Lipinski definition) is 6. The van der Waals surface area contributed by atoms with Crippen molar-refractivity contribution in [3.63, 3.8) is 0 Å². The molecule has 0 fully saturated rings. The van der Waals surface area contributed by atoms with Crippen LogP contribution in [0.15, 0.2) is 12.3 Å². The third-order valence-corrected chi connectivity index (χ3v) is 6.72. The van der Waals surface area contributed by atoms with Gasteiger partial charge in [0.15, 0.2) is 5.65 Å². The minimum atomic E-state index is -0.358. The van der Waals surface area contributed by atoms with E-state index in [0.29, 0.717) is 21.8 Å². The van der Waals surface area contributed by atoms with E-state index in [2.05, 4.69) is 15.4 Å². The molecule has 30 heavy (non-hydrogen) atoms. The molecule has 8 heteroatoms. The lowest BCUT2D eigenvalue weighted by Gasteiger charge is -2.15. The fraction of sp³-hybridized carbons (Fsp3) is 0.455. The van der Waals surface area contributed by atoms with Gasteiger partial charge in [0, 0.05) is 16.3 Å². The van der Waals surface area contributed by atoms with E-state index in [1.165, 1.54) is 17.5 Å².